The maximum Gasteiger partial charge on any atom is 0.321 e. The largest absolute Gasteiger partial charge is 0.756 e. The van der Waals surface area contributed by atoms with E-state index in [9.17, 15) is 9.46 Å². The molecule has 0 aromatic rings. The second-order valence-corrected chi connectivity index (χ2v) is 8.91. The average molecular weight is 329 g/mol. The highest BCUT2D eigenvalue weighted by Crippen LogP contribution is 2.37. The normalized spacial score (nSPS) is 15.6. The summed E-state index contributed by atoms with van der Waals surface area (Å²) in [6, 6.07) is 0.939. The molecule has 0 radical (unpaired) electrons. The van der Waals surface area contributed by atoms with Crippen LogP contribution in [0.3, 0.4) is 0 Å². The number of nitrogens with zero attached hydrogens (tertiary/aromatic N) is 1. The van der Waals surface area contributed by atoms with Crippen LogP contribution in [-0.2, 0) is 22.5 Å². The van der Waals surface area contributed by atoms with E-state index in [4.69, 9.17) is 13.4 Å². The number of phosphoric ester groups is 1. The monoisotopic (exact) mass is 329 g/mol. The Hall–Kier alpha value is 0.207. The summed E-state index contributed by atoms with van der Waals surface area (Å²) < 4.78 is 31.8. The van der Waals surface area contributed by atoms with Crippen LogP contribution in [-0.4, -0.2) is 68.4 Å². The zero-order chi connectivity index (χ0) is 15.6. The van der Waals surface area contributed by atoms with Gasteiger partial charge in [-0.1, -0.05) is 0 Å². The number of phosphoric acid groups is 1. The summed E-state index contributed by atoms with van der Waals surface area (Å²) in [7, 11) is 1.80. The van der Waals surface area contributed by atoms with E-state index in [1.54, 1.807) is 21.1 Å². The zero-order valence-electron chi connectivity index (χ0n) is 13.2. The molecule has 9 heteroatoms. The lowest BCUT2D eigenvalue weighted by molar-refractivity contribution is -0.890. The maximum absolute atomic E-state index is 11.2. The number of likely N-dealkylation sites (N-methyl/N-ethyl adjacent to an activating group) is 1. The van der Waals surface area contributed by atoms with Gasteiger partial charge >= 0.3 is 9.28 Å². The quantitative estimate of drug-likeness (QED) is 0.295. The van der Waals surface area contributed by atoms with Crippen LogP contribution in [0.15, 0.2) is 0 Å². The molecule has 0 bridgehead atoms. The van der Waals surface area contributed by atoms with Crippen molar-refractivity contribution in [2.45, 2.75) is 19.4 Å². The number of hydrogen-bond donors (Lipinski definition) is 0. The summed E-state index contributed by atoms with van der Waals surface area (Å²) in [5.74, 6) is 0. The summed E-state index contributed by atoms with van der Waals surface area (Å²) in [6.07, 6.45) is 0.978. The molecule has 0 heterocycles. The van der Waals surface area contributed by atoms with Crippen LogP contribution in [0.1, 0.15) is 13.3 Å². The van der Waals surface area contributed by atoms with Gasteiger partial charge in [0.1, 0.15) is 13.2 Å². The first kappa shape index (κ1) is 20.2. The molecule has 1 unspecified atom stereocenters. The second kappa shape index (κ2) is 10.0. The van der Waals surface area contributed by atoms with Crippen molar-refractivity contribution in [2.75, 3.05) is 54.6 Å². The number of rotatable bonds is 12. The van der Waals surface area contributed by atoms with Gasteiger partial charge in [0.05, 0.1) is 27.2 Å². The molecular weight excluding hydrogens is 301 g/mol. The zero-order valence-corrected chi connectivity index (χ0v) is 15.2. The van der Waals surface area contributed by atoms with E-state index in [-0.39, 0.29) is 13.2 Å². The molecule has 0 aliphatic heterocycles. The Morgan fingerprint density at radius 1 is 1.15 bits per heavy atom. The molecule has 0 spiro atoms. The first-order valence-corrected chi connectivity index (χ1v) is 9.96. The first-order valence-electron chi connectivity index (χ1n) is 6.74. The van der Waals surface area contributed by atoms with Gasteiger partial charge < -0.3 is 27.3 Å². The van der Waals surface area contributed by atoms with Crippen LogP contribution >= 0.6 is 7.82 Å². The number of quaternary nitrogens is 1. The maximum atomic E-state index is 11.2. The molecular formula is C11H28NO6PSi. The Kier molecular flexibility index (Phi) is 10.1. The molecule has 0 fully saturated rings. The van der Waals surface area contributed by atoms with E-state index in [1.807, 2.05) is 14.1 Å². The van der Waals surface area contributed by atoms with Gasteiger partial charge in [-0.3, -0.25) is 4.57 Å². The molecule has 122 valence electrons. The minimum Gasteiger partial charge on any atom is -0.756 e. The van der Waals surface area contributed by atoms with E-state index in [0.29, 0.717) is 11.0 Å². The predicted octanol–water partition coefficient (Wildman–Crippen LogP) is 0.488. The van der Waals surface area contributed by atoms with Crippen molar-refractivity contribution in [1.29, 1.82) is 0 Å². The van der Waals surface area contributed by atoms with E-state index >= 15 is 0 Å². The van der Waals surface area contributed by atoms with Crippen LogP contribution < -0.4 is 4.89 Å². The van der Waals surface area contributed by atoms with Crippen molar-refractivity contribution in [3.63, 3.8) is 0 Å². The molecule has 0 saturated heterocycles. The molecule has 0 aromatic heterocycles. The third-order valence-corrected chi connectivity index (χ3v) is 5.97. The highest BCUT2D eigenvalue weighted by molar-refractivity contribution is 7.45. The van der Waals surface area contributed by atoms with Crippen molar-refractivity contribution in [3.05, 3.63) is 0 Å². The molecule has 20 heavy (non-hydrogen) atoms. The lowest BCUT2D eigenvalue weighted by atomic mass is 10.4. The van der Waals surface area contributed by atoms with Gasteiger partial charge in [-0.15, -0.1) is 0 Å². The van der Waals surface area contributed by atoms with Crippen molar-refractivity contribution in [1.82, 2.24) is 0 Å². The molecule has 0 aliphatic carbocycles. The smallest absolute Gasteiger partial charge is 0.321 e. The Bertz CT molecular complexity index is 301. The van der Waals surface area contributed by atoms with Crippen LogP contribution in [0.4, 0.5) is 0 Å². The topological polar surface area (TPSA) is 77.1 Å². The summed E-state index contributed by atoms with van der Waals surface area (Å²) in [5, 5.41) is 0. The van der Waals surface area contributed by atoms with Gasteiger partial charge in [-0.05, 0) is 19.4 Å². The lowest BCUT2D eigenvalue weighted by Gasteiger charge is -2.31. The summed E-state index contributed by atoms with van der Waals surface area (Å²) in [6.45, 7) is 3.35. The van der Waals surface area contributed by atoms with Gasteiger partial charge in [0.25, 0.3) is 7.82 Å². The van der Waals surface area contributed by atoms with Crippen molar-refractivity contribution in [3.8, 4) is 0 Å². The first-order chi connectivity index (χ1) is 9.26. The molecule has 0 saturated carbocycles. The lowest BCUT2D eigenvalue weighted by Crippen LogP contribution is -2.43. The molecule has 0 rings (SSSR count). The standard InChI is InChI=1S/C11H28NO6PSi/c1-6-17-19(13,14)18-10-9-12(2,3)8-7-11-20(15-4)16-5/h20H,6-11H2,1-5H3. The second-order valence-electron chi connectivity index (χ2n) is 5.12. The fourth-order valence-corrected chi connectivity index (χ4v) is 3.60. The van der Waals surface area contributed by atoms with Crippen molar-refractivity contribution >= 4 is 17.1 Å². The van der Waals surface area contributed by atoms with E-state index in [1.165, 1.54) is 0 Å². The minimum atomic E-state index is -4.12. The minimum absolute atomic E-state index is 0.0963. The van der Waals surface area contributed by atoms with Crippen LogP contribution in [0.2, 0.25) is 6.04 Å². The van der Waals surface area contributed by atoms with Gasteiger partial charge in [0.2, 0.25) is 0 Å². The van der Waals surface area contributed by atoms with Crippen molar-refractivity contribution in [2.24, 2.45) is 0 Å². The SMILES string of the molecule is CCOP(=O)([O-])OCC[N+](C)(C)CCC[SiH](OC)OC. The Morgan fingerprint density at radius 3 is 2.25 bits per heavy atom. The third-order valence-electron chi connectivity index (χ3n) is 2.96. The Labute approximate surface area is 123 Å². The van der Waals surface area contributed by atoms with E-state index in [2.05, 4.69) is 4.52 Å². The molecule has 7 nitrogen and oxygen atoms in total. The van der Waals surface area contributed by atoms with Gasteiger partial charge in [-0.25, -0.2) is 0 Å². The van der Waals surface area contributed by atoms with Crippen LogP contribution in [0, 0.1) is 0 Å². The van der Waals surface area contributed by atoms with E-state index in [0.717, 1.165) is 19.0 Å². The van der Waals surface area contributed by atoms with Gasteiger partial charge in [0.15, 0.2) is 0 Å². The molecule has 0 aromatic carbocycles. The van der Waals surface area contributed by atoms with Crippen LogP contribution in [0.5, 0.6) is 0 Å². The molecule has 0 aliphatic rings. The average Bonchev–Trinajstić information content (AvgIpc) is 2.34. The molecule has 0 amide bonds. The summed E-state index contributed by atoms with van der Waals surface area (Å²) in [4.78, 5) is 11.2. The molecule has 1 atom stereocenters. The molecule has 0 N–H and O–H groups in total. The number of hydrogen-bond acceptors (Lipinski definition) is 6. The van der Waals surface area contributed by atoms with Crippen molar-refractivity contribution < 1.29 is 31.8 Å². The fraction of sp³-hybridized carbons (Fsp3) is 1.00. The summed E-state index contributed by atoms with van der Waals surface area (Å²) in [5.41, 5.74) is 0. The van der Waals surface area contributed by atoms with Gasteiger partial charge in [0, 0.05) is 14.2 Å². The van der Waals surface area contributed by atoms with E-state index < -0.39 is 17.1 Å². The predicted molar refractivity (Wildman–Crippen MR) is 77.6 cm³/mol. The third kappa shape index (κ3) is 10.0. The fourth-order valence-electron chi connectivity index (χ4n) is 1.72. The summed E-state index contributed by atoms with van der Waals surface area (Å²) >= 11 is 0. The Balaban J connectivity index is 3.92. The van der Waals surface area contributed by atoms with Crippen LogP contribution in [0.25, 0.3) is 0 Å². The Morgan fingerprint density at radius 2 is 1.75 bits per heavy atom. The van der Waals surface area contributed by atoms with Gasteiger partial charge in [-0.2, -0.15) is 0 Å². The highest BCUT2D eigenvalue weighted by Gasteiger charge is 2.18. The highest BCUT2D eigenvalue weighted by atomic mass is 31.2.